The first-order valence-corrected chi connectivity index (χ1v) is 9.02. The van der Waals surface area contributed by atoms with Gasteiger partial charge in [-0.05, 0) is 30.2 Å². The van der Waals surface area contributed by atoms with Gasteiger partial charge in [-0.2, -0.15) is 13.2 Å². The summed E-state index contributed by atoms with van der Waals surface area (Å²) in [6, 6.07) is 11.0. The van der Waals surface area contributed by atoms with Crippen LogP contribution in [0.25, 0.3) is 0 Å². The Labute approximate surface area is 160 Å². The van der Waals surface area contributed by atoms with E-state index in [1.54, 1.807) is 18.2 Å². The monoisotopic (exact) mass is 395 g/mol. The number of piperazine rings is 1. The van der Waals surface area contributed by atoms with Crippen LogP contribution in [0.15, 0.2) is 48.5 Å². The van der Waals surface area contributed by atoms with Gasteiger partial charge >= 0.3 is 12.2 Å². The minimum atomic E-state index is -4.53. The first-order valence-electron chi connectivity index (χ1n) is 9.02. The van der Waals surface area contributed by atoms with Crippen molar-refractivity contribution < 1.29 is 22.4 Å². The number of hydrogen-bond acceptors (Lipinski definition) is 2. The number of urea groups is 1. The summed E-state index contributed by atoms with van der Waals surface area (Å²) in [5.41, 5.74) is -0.472. The summed E-state index contributed by atoms with van der Waals surface area (Å²) < 4.78 is 52.8. The van der Waals surface area contributed by atoms with E-state index in [1.165, 1.54) is 29.2 Å². The molecule has 2 aromatic carbocycles. The zero-order valence-corrected chi connectivity index (χ0v) is 15.2. The Balaban J connectivity index is 1.51. The molecule has 150 valence electrons. The number of alkyl halides is 3. The van der Waals surface area contributed by atoms with Crippen molar-refractivity contribution in [3.8, 4) is 0 Å². The topological polar surface area (TPSA) is 35.6 Å². The van der Waals surface area contributed by atoms with Crippen molar-refractivity contribution in [1.29, 1.82) is 0 Å². The Morgan fingerprint density at radius 3 is 2.29 bits per heavy atom. The lowest BCUT2D eigenvalue weighted by atomic mass is 10.1. The van der Waals surface area contributed by atoms with Crippen molar-refractivity contribution in [3.63, 3.8) is 0 Å². The summed E-state index contributed by atoms with van der Waals surface area (Å²) in [4.78, 5) is 16.0. The molecule has 0 aliphatic carbocycles. The number of nitrogens with one attached hydrogen (secondary N) is 1. The van der Waals surface area contributed by atoms with E-state index < -0.39 is 17.8 Å². The van der Waals surface area contributed by atoms with Crippen LogP contribution in [0.4, 0.5) is 28.0 Å². The van der Waals surface area contributed by atoms with E-state index in [0.717, 1.165) is 6.07 Å². The Morgan fingerprint density at radius 1 is 0.964 bits per heavy atom. The Bertz CT molecular complexity index is 817. The molecule has 0 spiro atoms. The van der Waals surface area contributed by atoms with Crippen molar-refractivity contribution in [1.82, 2.24) is 9.80 Å². The minimum Gasteiger partial charge on any atom is -0.322 e. The highest BCUT2D eigenvalue weighted by molar-refractivity contribution is 5.90. The molecule has 1 fully saturated rings. The van der Waals surface area contributed by atoms with Crippen LogP contribution in [-0.4, -0.2) is 48.6 Å². The fourth-order valence-electron chi connectivity index (χ4n) is 3.19. The lowest BCUT2D eigenvalue weighted by Crippen LogP contribution is -2.50. The van der Waals surface area contributed by atoms with Gasteiger partial charge in [0.25, 0.3) is 0 Å². The summed E-state index contributed by atoms with van der Waals surface area (Å²) in [7, 11) is 0. The van der Waals surface area contributed by atoms with Crippen LogP contribution in [0.1, 0.15) is 11.1 Å². The second-order valence-electron chi connectivity index (χ2n) is 6.64. The van der Waals surface area contributed by atoms with Crippen molar-refractivity contribution >= 4 is 11.7 Å². The van der Waals surface area contributed by atoms with Crippen LogP contribution in [0, 0.1) is 5.82 Å². The predicted octanol–water partition coefficient (Wildman–Crippen LogP) is 4.24. The average molecular weight is 395 g/mol. The van der Waals surface area contributed by atoms with Gasteiger partial charge in [0.2, 0.25) is 0 Å². The van der Waals surface area contributed by atoms with Crippen LogP contribution < -0.4 is 5.32 Å². The largest absolute Gasteiger partial charge is 0.418 e. The summed E-state index contributed by atoms with van der Waals surface area (Å²) >= 11 is 0. The van der Waals surface area contributed by atoms with E-state index in [-0.39, 0.29) is 11.5 Å². The minimum absolute atomic E-state index is 0.233. The van der Waals surface area contributed by atoms with Crippen molar-refractivity contribution in [2.45, 2.75) is 12.6 Å². The van der Waals surface area contributed by atoms with E-state index in [2.05, 4.69) is 10.2 Å². The fraction of sp³-hybridized carbons (Fsp3) is 0.350. The molecule has 8 heteroatoms. The summed E-state index contributed by atoms with van der Waals surface area (Å²) in [6.45, 7) is 2.63. The number of rotatable bonds is 4. The molecule has 4 nitrogen and oxygen atoms in total. The van der Waals surface area contributed by atoms with Crippen molar-refractivity contribution in [2.75, 3.05) is 38.0 Å². The van der Waals surface area contributed by atoms with Gasteiger partial charge in [-0.25, -0.2) is 9.18 Å². The van der Waals surface area contributed by atoms with Gasteiger partial charge in [-0.1, -0.05) is 30.3 Å². The molecule has 28 heavy (non-hydrogen) atoms. The molecule has 0 bridgehead atoms. The lowest BCUT2D eigenvalue weighted by molar-refractivity contribution is -0.136. The Morgan fingerprint density at radius 2 is 1.61 bits per heavy atom. The molecule has 3 rings (SSSR count). The lowest BCUT2D eigenvalue weighted by Gasteiger charge is -2.34. The number of benzene rings is 2. The number of nitrogens with zero attached hydrogens (tertiary/aromatic N) is 2. The van der Waals surface area contributed by atoms with Crippen LogP contribution in [-0.2, 0) is 12.6 Å². The third kappa shape index (κ3) is 5.01. The third-order valence-electron chi connectivity index (χ3n) is 4.79. The molecule has 2 amide bonds. The maximum Gasteiger partial charge on any atom is 0.418 e. The highest BCUT2D eigenvalue weighted by atomic mass is 19.4. The Hall–Kier alpha value is -2.61. The second kappa shape index (κ2) is 8.60. The molecule has 0 atom stereocenters. The van der Waals surface area contributed by atoms with Gasteiger partial charge in [0.1, 0.15) is 5.82 Å². The molecule has 0 saturated carbocycles. The number of anilines is 1. The SMILES string of the molecule is O=C(Nc1ccccc1C(F)(F)F)N1CCN(CCc2ccccc2F)CC1. The zero-order valence-electron chi connectivity index (χ0n) is 15.2. The maximum atomic E-state index is 13.7. The first-order chi connectivity index (χ1) is 13.3. The van der Waals surface area contributed by atoms with E-state index >= 15 is 0 Å². The number of hydrogen-bond donors (Lipinski definition) is 1. The van der Waals surface area contributed by atoms with E-state index in [9.17, 15) is 22.4 Å². The number of carbonyl (C=O) groups excluding carboxylic acids is 1. The molecule has 0 unspecified atom stereocenters. The van der Waals surface area contributed by atoms with Gasteiger partial charge in [0.05, 0.1) is 11.3 Å². The van der Waals surface area contributed by atoms with Crippen LogP contribution in [0.2, 0.25) is 0 Å². The highest BCUT2D eigenvalue weighted by Crippen LogP contribution is 2.34. The molecule has 1 saturated heterocycles. The first kappa shape index (κ1) is 20.1. The van der Waals surface area contributed by atoms with E-state index in [1.807, 2.05) is 0 Å². The van der Waals surface area contributed by atoms with E-state index in [4.69, 9.17) is 0 Å². The van der Waals surface area contributed by atoms with E-state index in [0.29, 0.717) is 44.7 Å². The maximum absolute atomic E-state index is 13.7. The summed E-state index contributed by atoms with van der Waals surface area (Å²) in [5, 5.41) is 2.37. The van der Waals surface area contributed by atoms with Gasteiger partial charge in [0, 0.05) is 32.7 Å². The van der Waals surface area contributed by atoms with Crippen molar-refractivity contribution in [2.24, 2.45) is 0 Å². The number of para-hydroxylation sites is 1. The molecule has 2 aromatic rings. The van der Waals surface area contributed by atoms with Gasteiger partial charge in [-0.15, -0.1) is 0 Å². The molecule has 1 N–H and O–H groups in total. The highest BCUT2D eigenvalue weighted by Gasteiger charge is 2.34. The van der Waals surface area contributed by atoms with Gasteiger partial charge < -0.3 is 10.2 Å². The second-order valence-corrected chi connectivity index (χ2v) is 6.64. The molecule has 0 aromatic heterocycles. The van der Waals surface area contributed by atoms with Crippen molar-refractivity contribution in [3.05, 3.63) is 65.5 Å². The Kier molecular flexibility index (Phi) is 6.18. The average Bonchev–Trinajstić information content (AvgIpc) is 2.67. The molecule has 1 heterocycles. The molecular formula is C20H21F4N3O. The molecule has 1 aliphatic rings. The van der Waals surface area contributed by atoms with Crippen LogP contribution >= 0.6 is 0 Å². The zero-order chi connectivity index (χ0) is 20.1. The van der Waals surface area contributed by atoms with Crippen LogP contribution in [0.3, 0.4) is 0 Å². The normalized spacial score (nSPS) is 15.5. The molecule has 0 radical (unpaired) electrons. The predicted molar refractivity (Wildman–Crippen MR) is 98.6 cm³/mol. The van der Waals surface area contributed by atoms with Gasteiger partial charge in [-0.3, -0.25) is 4.90 Å². The van der Waals surface area contributed by atoms with Gasteiger partial charge in [0.15, 0.2) is 0 Å². The summed E-state index contributed by atoms with van der Waals surface area (Å²) in [5.74, 6) is -0.233. The summed E-state index contributed by atoms with van der Waals surface area (Å²) in [6.07, 6.45) is -3.97. The number of amides is 2. The fourth-order valence-corrected chi connectivity index (χ4v) is 3.19. The molecule has 1 aliphatic heterocycles. The molecular weight excluding hydrogens is 374 g/mol. The quantitative estimate of drug-likeness (QED) is 0.787. The number of carbonyl (C=O) groups is 1. The van der Waals surface area contributed by atoms with Crippen LogP contribution in [0.5, 0.6) is 0 Å². The standard InChI is InChI=1S/C20H21F4N3O/c21-17-7-3-1-5-15(17)9-10-26-11-13-27(14-12-26)19(28)25-18-8-4-2-6-16(18)20(22,23)24/h1-8H,9-14H2,(H,25,28). The third-order valence-corrected chi connectivity index (χ3v) is 4.79. The smallest absolute Gasteiger partial charge is 0.322 e. The number of halogens is 4.